The van der Waals surface area contributed by atoms with Crippen molar-refractivity contribution in [2.45, 2.75) is 79.2 Å². The summed E-state index contributed by atoms with van der Waals surface area (Å²) in [5, 5.41) is 12.5. The predicted octanol–water partition coefficient (Wildman–Crippen LogP) is 2.90. The number of nitrogens with one attached hydrogen (secondary N) is 2. The molecule has 11 nitrogen and oxygen atoms in total. The molecular weight excluding hydrogens is 460 g/mol. The van der Waals surface area contributed by atoms with Gasteiger partial charge in [0.15, 0.2) is 12.7 Å². The van der Waals surface area contributed by atoms with Crippen LogP contribution < -0.4 is 15.5 Å². The standard InChI is InChI=1S/C24H36N2O9/c1-13-14(2)21(33-16(4)28)22(32-15(13)3)34-19-9-8-18(10-17(19)11-27)25-20(29)12-31-26-23(30)35-24(5,6)7/h8-10,13-15,21-22,27H,11-12H2,1-7H3,(H,25,29)(H,26,30). The van der Waals surface area contributed by atoms with Gasteiger partial charge in [0.1, 0.15) is 11.4 Å². The summed E-state index contributed by atoms with van der Waals surface area (Å²) in [4.78, 5) is 40.2. The molecule has 0 aromatic heterocycles. The molecule has 1 aliphatic rings. The van der Waals surface area contributed by atoms with Crippen molar-refractivity contribution in [2.75, 3.05) is 11.9 Å². The van der Waals surface area contributed by atoms with E-state index in [1.807, 2.05) is 26.3 Å². The van der Waals surface area contributed by atoms with Crippen LogP contribution >= 0.6 is 0 Å². The van der Waals surface area contributed by atoms with E-state index >= 15 is 0 Å². The highest BCUT2D eigenvalue weighted by Gasteiger charge is 2.43. The fourth-order valence-electron chi connectivity index (χ4n) is 3.51. The first kappa shape index (κ1) is 28.3. The van der Waals surface area contributed by atoms with Gasteiger partial charge in [-0.1, -0.05) is 13.8 Å². The Kier molecular flexibility index (Phi) is 9.87. The number of hydrogen-bond donors (Lipinski definition) is 3. The number of rotatable bonds is 8. The zero-order chi connectivity index (χ0) is 26.3. The van der Waals surface area contributed by atoms with Crippen LogP contribution in [0.3, 0.4) is 0 Å². The monoisotopic (exact) mass is 496 g/mol. The number of hydrogen-bond acceptors (Lipinski definition) is 9. The van der Waals surface area contributed by atoms with Gasteiger partial charge in [0, 0.05) is 24.1 Å². The maximum Gasteiger partial charge on any atom is 0.431 e. The first-order valence-electron chi connectivity index (χ1n) is 11.4. The van der Waals surface area contributed by atoms with Crippen LogP contribution in [0.15, 0.2) is 18.2 Å². The van der Waals surface area contributed by atoms with Gasteiger partial charge in [0.25, 0.3) is 5.91 Å². The molecule has 0 aliphatic carbocycles. The summed E-state index contributed by atoms with van der Waals surface area (Å²) in [6.45, 7) is 11.5. The molecule has 1 heterocycles. The number of benzene rings is 1. The second-order valence-electron chi connectivity index (χ2n) is 9.54. The first-order chi connectivity index (χ1) is 16.3. The van der Waals surface area contributed by atoms with Crippen LogP contribution in [0.1, 0.15) is 54.0 Å². The van der Waals surface area contributed by atoms with Crippen LogP contribution in [0.5, 0.6) is 5.75 Å². The van der Waals surface area contributed by atoms with Gasteiger partial charge < -0.3 is 29.4 Å². The van der Waals surface area contributed by atoms with Crippen molar-refractivity contribution in [1.82, 2.24) is 5.48 Å². The number of esters is 1. The Morgan fingerprint density at radius 3 is 2.40 bits per heavy atom. The van der Waals surface area contributed by atoms with Gasteiger partial charge in [-0.05, 0) is 51.8 Å². The molecule has 1 aromatic rings. The molecule has 1 saturated heterocycles. The minimum absolute atomic E-state index is 0.0157. The second-order valence-corrected chi connectivity index (χ2v) is 9.54. The normalized spacial score (nSPS) is 24.3. The first-order valence-corrected chi connectivity index (χ1v) is 11.4. The molecule has 2 amide bonds. The molecule has 1 aromatic carbocycles. The fourth-order valence-corrected chi connectivity index (χ4v) is 3.51. The Hall–Kier alpha value is -2.89. The Morgan fingerprint density at radius 2 is 1.80 bits per heavy atom. The summed E-state index contributed by atoms with van der Waals surface area (Å²) < 4.78 is 22.5. The quantitative estimate of drug-likeness (QED) is 0.366. The molecule has 196 valence electrons. The lowest BCUT2D eigenvalue weighted by Crippen LogP contribution is -2.52. The zero-order valence-electron chi connectivity index (χ0n) is 21.2. The van der Waals surface area contributed by atoms with Crippen LogP contribution in [-0.2, 0) is 35.2 Å². The van der Waals surface area contributed by atoms with Crippen molar-refractivity contribution in [3.63, 3.8) is 0 Å². The topological polar surface area (TPSA) is 142 Å². The molecule has 0 radical (unpaired) electrons. The van der Waals surface area contributed by atoms with Gasteiger partial charge in [0.05, 0.1) is 12.7 Å². The van der Waals surface area contributed by atoms with Gasteiger partial charge in [0.2, 0.25) is 6.29 Å². The van der Waals surface area contributed by atoms with Crippen molar-refractivity contribution in [1.29, 1.82) is 0 Å². The van der Waals surface area contributed by atoms with Crippen LogP contribution in [0, 0.1) is 11.8 Å². The molecule has 5 atom stereocenters. The van der Waals surface area contributed by atoms with Gasteiger partial charge in [-0.25, -0.2) is 4.79 Å². The van der Waals surface area contributed by atoms with E-state index in [9.17, 15) is 19.5 Å². The summed E-state index contributed by atoms with van der Waals surface area (Å²) in [5.41, 5.74) is 2.10. The average Bonchev–Trinajstić information content (AvgIpc) is 2.74. The second kappa shape index (κ2) is 12.2. The highest BCUT2D eigenvalue weighted by molar-refractivity contribution is 5.92. The third-order valence-corrected chi connectivity index (χ3v) is 5.52. The van der Waals surface area contributed by atoms with Crippen molar-refractivity contribution in [3.05, 3.63) is 23.8 Å². The minimum atomic E-state index is -0.863. The Balaban J connectivity index is 2.01. The molecule has 2 rings (SSSR count). The summed E-state index contributed by atoms with van der Waals surface area (Å²) in [6, 6.07) is 4.68. The van der Waals surface area contributed by atoms with Gasteiger partial charge in [-0.3, -0.25) is 14.4 Å². The highest BCUT2D eigenvalue weighted by atomic mass is 16.7. The number of aliphatic hydroxyl groups is 1. The molecule has 1 aliphatic heterocycles. The zero-order valence-corrected chi connectivity index (χ0v) is 21.2. The molecule has 1 fully saturated rings. The molecular formula is C24H36N2O9. The minimum Gasteiger partial charge on any atom is -0.460 e. The summed E-state index contributed by atoms with van der Waals surface area (Å²) >= 11 is 0. The van der Waals surface area contributed by atoms with Crippen LogP contribution in [-0.4, -0.2) is 53.8 Å². The van der Waals surface area contributed by atoms with Crippen LogP contribution in [0.2, 0.25) is 0 Å². The van der Waals surface area contributed by atoms with E-state index in [0.29, 0.717) is 17.0 Å². The SMILES string of the molecule is CC(=O)OC1C(Oc2ccc(NC(=O)CONC(=O)OC(C)(C)C)cc2CO)OC(C)C(C)C1C. The van der Waals surface area contributed by atoms with E-state index in [1.54, 1.807) is 32.9 Å². The summed E-state index contributed by atoms with van der Waals surface area (Å²) in [6.07, 6.45) is -2.44. The summed E-state index contributed by atoms with van der Waals surface area (Å²) in [7, 11) is 0. The number of ether oxygens (including phenoxy) is 4. The highest BCUT2D eigenvalue weighted by Crippen LogP contribution is 2.35. The number of carbonyl (C=O) groups is 3. The van der Waals surface area contributed by atoms with E-state index < -0.39 is 42.6 Å². The third kappa shape index (κ3) is 8.68. The van der Waals surface area contributed by atoms with E-state index in [1.165, 1.54) is 13.0 Å². The lowest BCUT2D eigenvalue weighted by Gasteiger charge is -2.42. The van der Waals surface area contributed by atoms with Crippen molar-refractivity contribution in [3.8, 4) is 5.75 Å². The molecule has 11 heteroatoms. The fraction of sp³-hybridized carbons (Fsp3) is 0.625. The molecule has 35 heavy (non-hydrogen) atoms. The smallest absolute Gasteiger partial charge is 0.431 e. The van der Waals surface area contributed by atoms with Gasteiger partial charge in [-0.15, -0.1) is 0 Å². The lowest BCUT2D eigenvalue weighted by molar-refractivity contribution is -0.243. The molecule has 0 bridgehead atoms. The predicted molar refractivity (Wildman–Crippen MR) is 125 cm³/mol. The Morgan fingerprint density at radius 1 is 1.11 bits per heavy atom. The van der Waals surface area contributed by atoms with Crippen molar-refractivity contribution in [2.24, 2.45) is 11.8 Å². The van der Waals surface area contributed by atoms with Crippen LogP contribution in [0.25, 0.3) is 0 Å². The van der Waals surface area contributed by atoms with E-state index in [0.717, 1.165) is 0 Å². The number of anilines is 1. The maximum absolute atomic E-state index is 12.1. The van der Waals surface area contributed by atoms with Crippen molar-refractivity contribution >= 4 is 23.7 Å². The number of aliphatic hydroxyl groups excluding tert-OH is 1. The number of hydroxylamine groups is 1. The van der Waals surface area contributed by atoms with Gasteiger partial charge >= 0.3 is 12.1 Å². The summed E-state index contributed by atoms with van der Waals surface area (Å²) in [5.74, 6) is -0.533. The molecule has 0 spiro atoms. The third-order valence-electron chi connectivity index (χ3n) is 5.52. The number of amides is 2. The Labute approximate surface area is 205 Å². The average molecular weight is 497 g/mol. The Bertz CT molecular complexity index is 899. The molecule has 5 unspecified atom stereocenters. The maximum atomic E-state index is 12.1. The number of carbonyl (C=O) groups excluding carboxylic acids is 3. The van der Waals surface area contributed by atoms with Crippen molar-refractivity contribution < 1.29 is 43.3 Å². The van der Waals surface area contributed by atoms with Gasteiger partial charge in [-0.2, -0.15) is 5.48 Å². The van der Waals surface area contributed by atoms with E-state index in [2.05, 4.69) is 5.32 Å². The van der Waals surface area contributed by atoms with E-state index in [-0.39, 0.29) is 24.5 Å². The lowest BCUT2D eigenvalue weighted by atomic mass is 9.84. The molecule has 3 N–H and O–H groups in total. The largest absolute Gasteiger partial charge is 0.460 e. The molecule has 0 saturated carbocycles. The van der Waals surface area contributed by atoms with Crippen LogP contribution in [0.4, 0.5) is 10.5 Å². The van der Waals surface area contributed by atoms with E-state index in [4.69, 9.17) is 23.8 Å².